The van der Waals surface area contributed by atoms with Crippen molar-refractivity contribution >= 4 is 16.1 Å². The average molecular weight is 303 g/mol. The van der Waals surface area contributed by atoms with Gasteiger partial charge in [-0.1, -0.05) is 6.42 Å². The third-order valence-corrected chi connectivity index (χ3v) is 6.58. The quantitative estimate of drug-likeness (QED) is 0.829. The average Bonchev–Trinajstić information content (AvgIpc) is 2.39. The fourth-order valence-corrected chi connectivity index (χ4v) is 5.08. The maximum absolute atomic E-state index is 12.6. The fourth-order valence-electron chi connectivity index (χ4n) is 3.19. The summed E-state index contributed by atoms with van der Waals surface area (Å²) < 4.78 is 28.5. The van der Waals surface area contributed by atoms with E-state index in [9.17, 15) is 13.2 Å². The summed E-state index contributed by atoms with van der Waals surface area (Å²) in [6.07, 6.45) is 4.82. The van der Waals surface area contributed by atoms with Crippen LogP contribution in [-0.4, -0.2) is 48.6 Å². The topological polar surface area (TPSA) is 83.7 Å². The molecule has 0 bridgehead atoms. The van der Waals surface area contributed by atoms with Gasteiger partial charge in [0.1, 0.15) is 0 Å². The van der Waals surface area contributed by atoms with Gasteiger partial charge in [-0.05, 0) is 38.5 Å². The molecule has 2 aliphatic rings. The van der Waals surface area contributed by atoms with Crippen molar-refractivity contribution in [3.8, 4) is 0 Å². The van der Waals surface area contributed by atoms with E-state index in [0.717, 1.165) is 32.1 Å². The van der Waals surface area contributed by atoms with Crippen LogP contribution in [0.3, 0.4) is 0 Å². The highest BCUT2D eigenvalue weighted by Crippen LogP contribution is 2.27. The Bertz CT molecular complexity index is 444. The molecular formula is C13H25N3O3S. The summed E-state index contributed by atoms with van der Waals surface area (Å²) in [7, 11) is -3.34. The van der Waals surface area contributed by atoms with E-state index < -0.39 is 10.2 Å². The molecule has 0 aromatic rings. The standard InChI is InChI=1S/C13H25N3O3S/c1-11-4-2-3-7-16(11)20(18,19)15-8-5-12(6-9-15)10-13(14)17/h11-12H,2-10H2,1H3,(H2,14,17)/t11-/m1/s1. The Morgan fingerprint density at radius 3 is 2.35 bits per heavy atom. The predicted molar refractivity (Wildman–Crippen MR) is 77.0 cm³/mol. The Labute approximate surface area is 121 Å². The van der Waals surface area contributed by atoms with Gasteiger partial charge in [0.2, 0.25) is 5.91 Å². The van der Waals surface area contributed by atoms with E-state index in [1.54, 1.807) is 8.61 Å². The van der Waals surface area contributed by atoms with E-state index in [1.807, 2.05) is 6.92 Å². The second kappa shape index (κ2) is 6.41. The van der Waals surface area contributed by atoms with Crippen LogP contribution in [0.1, 0.15) is 45.4 Å². The Hall–Kier alpha value is -0.660. The van der Waals surface area contributed by atoms with Crippen molar-refractivity contribution in [1.29, 1.82) is 0 Å². The number of amides is 1. The molecule has 0 aromatic carbocycles. The summed E-state index contributed by atoms with van der Waals surface area (Å²) in [5, 5.41) is 0. The van der Waals surface area contributed by atoms with Gasteiger partial charge in [-0.3, -0.25) is 4.79 Å². The second-order valence-electron chi connectivity index (χ2n) is 5.98. The molecule has 2 saturated heterocycles. The third kappa shape index (κ3) is 3.51. The molecule has 0 saturated carbocycles. The number of nitrogens with two attached hydrogens (primary N) is 1. The molecule has 7 heteroatoms. The number of piperidine rings is 2. The van der Waals surface area contributed by atoms with Gasteiger partial charge in [-0.2, -0.15) is 17.0 Å². The number of hydrogen-bond donors (Lipinski definition) is 1. The molecule has 0 aromatic heterocycles. The van der Waals surface area contributed by atoms with Crippen LogP contribution in [0.2, 0.25) is 0 Å². The number of carbonyl (C=O) groups excluding carboxylic acids is 1. The van der Waals surface area contributed by atoms with Crippen molar-refractivity contribution < 1.29 is 13.2 Å². The number of nitrogens with zero attached hydrogens (tertiary/aromatic N) is 2. The van der Waals surface area contributed by atoms with Crippen molar-refractivity contribution in [2.45, 2.75) is 51.5 Å². The van der Waals surface area contributed by atoms with Gasteiger partial charge >= 0.3 is 0 Å². The van der Waals surface area contributed by atoms with Crippen LogP contribution in [0.4, 0.5) is 0 Å². The van der Waals surface area contributed by atoms with Crippen LogP contribution in [0.15, 0.2) is 0 Å². The molecule has 20 heavy (non-hydrogen) atoms. The van der Waals surface area contributed by atoms with Gasteiger partial charge in [0.05, 0.1) is 0 Å². The van der Waals surface area contributed by atoms with Crippen LogP contribution in [-0.2, 0) is 15.0 Å². The molecule has 0 unspecified atom stereocenters. The maximum atomic E-state index is 12.6. The highest BCUT2D eigenvalue weighted by atomic mass is 32.2. The zero-order chi connectivity index (χ0) is 14.8. The first kappa shape index (κ1) is 15.7. The molecule has 6 nitrogen and oxygen atoms in total. The summed E-state index contributed by atoms with van der Waals surface area (Å²) in [4.78, 5) is 10.9. The minimum Gasteiger partial charge on any atom is -0.370 e. The lowest BCUT2D eigenvalue weighted by atomic mass is 9.94. The first-order valence-electron chi connectivity index (χ1n) is 7.46. The molecule has 2 fully saturated rings. The van der Waals surface area contributed by atoms with E-state index >= 15 is 0 Å². The smallest absolute Gasteiger partial charge is 0.282 e. The molecule has 2 rings (SSSR count). The van der Waals surface area contributed by atoms with E-state index in [4.69, 9.17) is 5.73 Å². The first-order valence-corrected chi connectivity index (χ1v) is 8.86. The van der Waals surface area contributed by atoms with Crippen LogP contribution in [0.5, 0.6) is 0 Å². The van der Waals surface area contributed by atoms with Crippen LogP contribution < -0.4 is 5.73 Å². The van der Waals surface area contributed by atoms with E-state index in [0.29, 0.717) is 26.1 Å². The number of rotatable bonds is 4. The van der Waals surface area contributed by atoms with E-state index in [2.05, 4.69) is 0 Å². The van der Waals surface area contributed by atoms with Crippen LogP contribution in [0, 0.1) is 5.92 Å². The lowest BCUT2D eigenvalue weighted by Crippen LogP contribution is -2.51. The lowest BCUT2D eigenvalue weighted by molar-refractivity contribution is -0.119. The molecule has 0 radical (unpaired) electrons. The maximum Gasteiger partial charge on any atom is 0.282 e. The molecule has 2 N–H and O–H groups in total. The summed E-state index contributed by atoms with van der Waals surface area (Å²) in [6.45, 7) is 3.62. The van der Waals surface area contributed by atoms with Crippen molar-refractivity contribution in [2.75, 3.05) is 19.6 Å². The third-order valence-electron chi connectivity index (χ3n) is 4.43. The Morgan fingerprint density at radius 2 is 1.80 bits per heavy atom. The second-order valence-corrected chi connectivity index (χ2v) is 7.86. The van der Waals surface area contributed by atoms with Gasteiger partial charge in [-0.15, -0.1) is 0 Å². The zero-order valence-electron chi connectivity index (χ0n) is 12.1. The predicted octanol–water partition coefficient (Wildman–Crippen LogP) is 0.693. The monoisotopic (exact) mass is 303 g/mol. The van der Waals surface area contributed by atoms with Gasteiger partial charge < -0.3 is 5.73 Å². The van der Waals surface area contributed by atoms with Gasteiger partial charge in [0.25, 0.3) is 10.2 Å². The minimum absolute atomic E-state index is 0.0945. The van der Waals surface area contributed by atoms with Gasteiger partial charge in [0.15, 0.2) is 0 Å². The Kier molecular flexibility index (Phi) is 5.04. The van der Waals surface area contributed by atoms with Crippen molar-refractivity contribution in [1.82, 2.24) is 8.61 Å². The molecule has 2 aliphatic heterocycles. The van der Waals surface area contributed by atoms with Crippen molar-refractivity contribution in [3.05, 3.63) is 0 Å². The highest BCUT2D eigenvalue weighted by molar-refractivity contribution is 7.86. The van der Waals surface area contributed by atoms with Crippen molar-refractivity contribution in [2.24, 2.45) is 11.7 Å². The largest absolute Gasteiger partial charge is 0.370 e. The summed E-state index contributed by atoms with van der Waals surface area (Å²) in [5.41, 5.74) is 5.20. The highest BCUT2D eigenvalue weighted by Gasteiger charge is 2.36. The first-order chi connectivity index (χ1) is 9.41. The van der Waals surface area contributed by atoms with Crippen LogP contribution in [0.25, 0.3) is 0 Å². The molecule has 116 valence electrons. The molecule has 0 aliphatic carbocycles. The Balaban J connectivity index is 1.96. The van der Waals surface area contributed by atoms with E-state index in [-0.39, 0.29) is 17.9 Å². The SMILES string of the molecule is C[C@@H]1CCCCN1S(=O)(=O)N1CCC(CC(N)=O)CC1. The van der Waals surface area contributed by atoms with Crippen molar-refractivity contribution in [3.63, 3.8) is 0 Å². The lowest BCUT2D eigenvalue weighted by Gasteiger charge is -2.38. The molecule has 2 heterocycles. The number of primary amides is 1. The zero-order valence-corrected chi connectivity index (χ0v) is 12.9. The van der Waals surface area contributed by atoms with Gasteiger partial charge in [-0.25, -0.2) is 0 Å². The molecule has 0 spiro atoms. The summed E-state index contributed by atoms with van der Waals surface area (Å²) >= 11 is 0. The van der Waals surface area contributed by atoms with E-state index in [1.165, 1.54) is 0 Å². The summed E-state index contributed by atoms with van der Waals surface area (Å²) in [6, 6.07) is 0.0945. The number of carbonyl (C=O) groups is 1. The minimum atomic E-state index is -3.34. The molecule has 1 amide bonds. The molecular weight excluding hydrogens is 278 g/mol. The summed E-state index contributed by atoms with van der Waals surface area (Å²) in [5.74, 6) is -0.0614. The number of hydrogen-bond acceptors (Lipinski definition) is 3. The molecule has 1 atom stereocenters. The Morgan fingerprint density at radius 1 is 1.15 bits per heavy atom. The fraction of sp³-hybridized carbons (Fsp3) is 0.923. The normalized spacial score (nSPS) is 27.6. The van der Waals surface area contributed by atoms with Gasteiger partial charge in [0, 0.05) is 32.1 Å². The van der Waals surface area contributed by atoms with Crippen LogP contribution >= 0.6 is 0 Å².